The van der Waals surface area contributed by atoms with Gasteiger partial charge in [0.15, 0.2) is 0 Å². The van der Waals surface area contributed by atoms with E-state index in [1.165, 1.54) is 31.0 Å². The molecule has 4 amide bonds. The molecule has 1 unspecified atom stereocenters. The van der Waals surface area contributed by atoms with Gasteiger partial charge in [-0.05, 0) is 43.5 Å². The number of carbonyl (C=O) groups excluding carboxylic acids is 4. The Morgan fingerprint density at radius 3 is 2.42 bits per heavy atom. The second-order valence-electron chi connectivity index (χ2n) is 8.25. The molecule has 2 aromatic carbocycles. The van der Waals surface area contributed by atoms with Gasteiger partial charge in [-0.15, -0.1) is 0 Å². The number of nitro benzene ring substituents is 1. The predicted molar refractivity (Wildman–Crippen MR) is 116 cm³/mol. The Hall–Kier alpha value is -4.08. The molecule has 1 atom stereocenters. The molecule has 2 aliphatic rings. The van der Waals surface area contributed by atoms with Crippen molar-refractivity contribution in [1.82, 2.24) is 15.1 Å². The third-order valence-corrected chi connectivity index (χ3v) is 5.79. The highest BCUT2D eigenvalue weighted by Crippen LogP contribution is 2.32. The Morgan fingerprint density at radius 2 is 1.82 bits per heavy atom. The molecule has 10 nitrogen and oxygen atoms in total. The van der Waals surface area contributed by atoms with E-state index in [9.17, 15) is 29.3 Å². The fourth-order valence-electron chi connectivity index (χ4n) is 3.83. The Labute approximate surface area is 189 Å². The van der Waals surface area contributed by atoms with Gasteiger partial charge in [0.1, 0.15) is 11.6 Å². The average Bonchev–Trinajstić information content (AvgIpc) is 3.57. The number of hydrogen-bond donors (Lipinski definition) is 1. The summed E-state index contributed by atoms with van der Waals surface area (Å²) in [5.74, 6) is -2.23. The van der Waals surface area contributed by atoms with Crippen molar-refractivity contribution >= 4 is 29.3 Å². The first kappa shape index (κ1) is 22.1. The largest absolute Gasteiger partial charge is 0.349 e. The Balaban J connectivity index is 1.45. The van der Waals surface area contributed by atoms with Crippen molar-refractivity contribution in [3.8, 4) is 0 Å². The highest BCUT2D eigenvalue weighted by Gasteiger charge is 2.45. The molecule has 1 aliphatic carbocycles. The van der Waals surface area contributed by atoms with Crippen molar-refractivity contribution in [2.45, 2.75) is 38.4 Å². The van der Waals surface area contributed by atoms with Crippen LogP contribution in [0.3, 0.4) is 0 Å². The van der Waals surface area contributed by atoms with Crippen molar-refractivity contribution in [3.63, 3.8) is 0 Å². The van der Waals surface area contributed by atoms with Gasteiger partial charge in [0.25, 0.3) is 23.4 Å². The van der Waals surface area contributed by atoms with E-state index in [1.54, 1.807) is 24.3 Å². The highest BCUT2D eigenvalue weighted by molar-refractivity contribution is 6.24. The van der Waals surface area contributed by atoms with E-state index in [-0.39, 0.29) is 29.6 Å². The van der Waals surface area contributed by atoms with Crippen LogP contribution in [0.25, 0.3) is 0 Å². The van der Waals surface area contributed by atoms with Crippen LogP contribution >= 0.6 is 0 Å². The number of benzene rings is 2. The molecule has 1 heterocycles. The summed E-state index contributed by atoms with van der Waals surface area (Å²) in [5.41, 5.74) is 0.443. The Kier molecular flexibility index (Phi) is 5.67. The molecule has 2 aromatic rings. The van der Waals surface area contributed by atoms with Crippen molar-refractivity contribution in [2.24, 2.45) is 0 Å². The van der Waals surface area contributed by atoms with Gasteiger partial charge in [-0.2, -0.15) is 0 Å². The van der Waals surface area contributed by atoms with Crippen LogP contribution in [0.4, 0.5) is 5.69 Å². The summed E-state index contributed by atoms with van der Waals surface area (Å²) in [6.07, 6.45) is 1.99. The number of hydrogen-bond acceptors (Lipinski definition) is 6. The molecule has 170 valence electrons. The zero-order chi connectivity index (χ0) is 23.9. The number of imide groups is 1. The fraction of sp³-hybridized carbons (Fsp3) is 0.304. The van der Waals surface area contributed by atoms with Crippen LogP contribution in [0.15, 0.2) is 42.5 Å². The normalized spacial score (nSPS) is 15.8. The number of rotatable bonds is 7. The van der Waals surface area contributed by atoms with Gasteiger partial charge in [0.2, 0.25) is 5.91 Å². The van der Waals surface area contributed by atoms with Crippen LogP contribution in [0.5, 0.6) is 0 Å². The van der Waals surface area contributed by atoms with Crippen molar-refractivity contribution in [3.05, 3.63) is 74.8 Å². The van der Waals surface area contributed by atoms with Gasteiger partial charge in [-0.3, -0.25) is 34.2 Å². The predicted octanol–water partition coefficient (Wildman–Crippen LogP) is 2.13. The van der Waals surface area contributed by atoms with Gasteiger partial charge < -0.3 is 10.2 Å². The summed E-state index contributed by atoms with van der Waals surface area (Å²) in [5, 5.41) is 14.2. The number of nitrogens with zero attached hydrogens (tertiary/aromatic N) is 3. The molecule has 1 N–H and O–H groups in total. The summed E-state index contributed by atoms with van der Waals surface area (Å²) >= 11 is 0. The summed E-state index contributed by atoms with van der Waals surface area (Å²) in [6.45, 7) is 1.61. The van der Waals surface area contributed by atoms with E-state index in [2.05, 4.69) is 5.32 Å². The summed E-state index contributed by atoms with van der Waals surface area (Å²) in [7, 11) is 1.53. The van der Waals surface area contributed by atoms with E-state index >= 15 is 0 Å². The monoisotopic (exact) mass is 450 g/mol. The second kappa shape index (κ2) is 8.45. The Bertz CT molecular complexity index is 1170. The number of nitro groups is 1. The van der Waals surface area contributed by atoms with Crippen LogP contribution in [-0.4, -0.2) is 57.5 Å². The third kappa shape index (κ3) is 4.19. The minimum absolute atomic E-state index is 0.0865. The SMILES string of the molecule is CC(C(=O)N(C)Cc1ccc(C(=O)NC2CC2)cc1)N1C(=O)c2cccc([N+](=O)[O-])c2C1=O. The fourth-order valence-corrected chi connectivity index (χ4v) is 3.83. The first-order valence-electron chi connectivity index (χ1n) is 10.5. The van der Waals surface area contributed by atoms with Crippen LogP contribution in [0, 0.1) is 10.1 Å². The smallest absolute Gasteiger partial charge is 0.282 e. The minimum Gasteiger partial charge on any atom is -0.349 e. The van der Waals surface area contributed by atoms with Crippen LogP contribution < -0.4 is 5.32 Å². The zero-order valence-electron chi connectivity index (χ0n) is 18.1. The molecule has 4 rings (SSSR count). The molecule has 0 saturated heterocycles. The first-order chi connectivity index (χ1) is 15.7. The zero-order valence-corrected chi connectivity index (χ0v) is 18.1. The van der Waals surface area contributed by atoms with Crippen LogP contribution in [0.2, 0.25) is 0 Å². The maximum absolute atomic E-state index is 13.0. The lowest BCUT2D eigenvalue weighted by Crippen LogP contribution is -2.48. The molecule has 33 heavy (non-hydrogen) atoms. The summed E-state index contributed by atoms with van der Waals surface area (Å²) in [6, 6.07) is 9.76. The maximum atomic E-state index is 13.0. The molecule has 1 fully saturated rings. The number of nitrogens with one attached hydrogen (secondary N) is 1. The third-order valence-electron chi connectivity index (χ3n) is 5.79. The molecule has 10 heteroatoms. The van der Waals surface area contributed by atoms with Gasteiger partial charge in [0.05, 0.1) is 10.5 Å². The lowest BCUT2D eigenvalue weighted by atomic mass is 10.1. The van der Waals surface area contributed by atoms with Gasteiger partial charge >= 0.3 is 0 Å². The van der Waals surface area contributed by atoms with E-state index in [0.29, 0.717) is 5.56 Å². The Morgan fingerprint density at radius 1 is 1.15 bits per heavy atom. The van der Waals surface area contributed by atoms with Gasteiger partial charge in [-0.25, -0.2) is 0 Å². The van der Waals surface area contributed by atoms with Gasteiger partial charge in [0, 0.05) is 31.3 Å². The van der Waals surface area contributed by atoms with E-state index in [1.807, 2.05) is 0 Å². The number of likely N-dealkylation sites (N-methyl/N-ethyl adjacent to an activating group) is 1. The van der Waals surface area contributed by atoms with Crippen LogP contribution in [0.1, 0.15) is 56.4 Å². The average molecular weight is 450 g/mol. The van der Waals surface area contributed by atoms with Crippen molar-refractivity contribution in [1.29, 1.82) is 0 Å². The molecule has 0 aromatic heterocycles. The lowest BCUT2D eigenvalue weighted by molar-refractivity contribution is -0.385. The molecule has 0 radical (unpaired) electrons. The number of amides is 4. The standard InChI is InChI=1S/C23H22N4O6/c1-13(26-22(30)17-4-3-5-18(27(32)33)19(17)23(26)31)21(29)25(2)12-14-6-8-15(9-7-14)20(28)24-16-10-11-16/h3-9,13,16H,10-12H2,1-2H3,(H,24,28). The molecular weight excluding hydrogens is 428 g/mol. The lowest BCUT2D eigenvalue weighted by Gasteiger charge is -2.26. The minimum atomic E-state index is -1.15. The molecule has 0 spiro atoms. The molecule has 0 bridgehead atoms. The van der Waals surface area contributed by atoms with Gasteiger partial charge in [-0.1, -0.05) is 18.2 Å². The highest BCUT2D eigenvalue weighted by atomic mass is 16.6. The summed E-state index contributed by atoms with van der Waals surface area (Å²) in [4.78, 5) is 63.4. The quantitative estimate of drug-likeness (QED) is 0.391. The van der Waals surface area contributed by atoms with Crippen LogP contribution in [-0.2, 0) is 11.3 Å². The van der Waals surface area contributed by atoms with E-state index in [4.69, 9.17) is 0 Å². The van der Waals surface area contributed by atoms with Crippen molar-refractivity contribution in [2.75, 3.05) is 7.05 Å². The maximum Gasteiger partial charge on any atom is 0.282 e. The molecular formula is C23H22N4O6. The summed E-state index contributed by atoms with van der Waals surface area (Å²) < 4.78 is 0. The van der Waals surface area contributed by atoms with E-state index in [0.717, 1.165) is 29.4 Å². The topological polar surface area (TPSA) is 130 Å². The number of carbonyl (C=O) groups is 4. The van der Waals surface area contributed by atoms with E-state index < -0.39 is 34.4 Å². The molecule has 1 aliphatic heterocycles. The molecule has 1 saturated carbocycles. The second-order valence-corrected chi connectivity index (χ2v) is 8.25. The number of fused-ring (bicyclic) bond motifs is 1. The van der Waals surface area contributed by atoms with Crippen molar-refractivity contribution < 1.29 is 24.1 Å². The first-order valence-corrected chi connectivity index (χ1v) is 10.5.